The van der Waals surface area contributed by atoms with Gasteiger partial charge < -0.3 is 19.2 Å². The van der Waals surface area contributed by atoms with Crippen LogP contribution in [0.5, 0.6) is 0 Å². The zero-order valence-corrected chi connectivity index (χ0v) is 17.6. The number of halogens is 1. The zero-order valence-electron chi connectivity index (χ0n) is 16.0. The number of H-pyrrole nitrogens is 1. The van der Waals surface area contributed by atoms with E-state index in [0.29, 0.717) is 36.4 Å². The molecule has 0 saturated carbocycles. The van der Waals surface area contributed by atoms with Crippen LogP contribution in [0, 0.1) is 0 Å². The number of rotatable bonds is 4. The summed E-state index contributed by atoms with van der Waals surface area (Å²) in [7, 11) is 3.94. The molecule has 1 aromatic carbocycles. The lowest BCUT2D eigenvalue weighted by Gasteiger charge is -2.31. The van der Waals surface area contributed by atoms with Crippen molar-refractivity contribution in [2.45, 2.75) is 25.2 Å². The Bertz CT molecular complexity index is 1080. The standard InChI is InChI=1S/C20H23BrN4O3/c1-24(2)8-7-16(26)25-9-5-12(6-10-25)19-22-17-14-11-13(21)3-4-15(14)28-18(17)20(27)23-19/h3-4,11-12H,5-10H2,1-2H3,(H,22,23,27). The van der Waals surface area contributed by atoms with Crippen molar-refractivity contribution in [1.82, 2.24) is 19.8 Å². The predicted octanol–water partition coefficient (Wildman–Crippen LogP) is 3.09. The molecule has 148 valence electrons. The van der Waals surface area contributed by atoms with Gasteiger partial charge in [0.15, 0.2) is 0 Å². The number of likely N-dealkylation sites (tertiary alicyclic amines) is 1. The van der Waals surface area contributed by atoms with Crippen LogP contribution in [0.4, 0.5) is 0 Å². The van der Waals surface area contributed by atoms with Gasteiger partial charge in [-0.05, 0) is 45.1 Å². The monoisotopic (exact) mass is 446 g/mol. The van der Waals surface area contributed by atoms with E-state index in [4.69, 9.17) is 9.40 Å². The first-order chi connectivity index (χ1) is 13.4. The van der Waals surface area contributed by atoms with Gasteiger partial charge in [0.25, 0.3) is 5.56 Å². The molecule has 0 atom stereocenters. The molecular weight excluding hydrogens is 424 g/mol. The number of fused-ring (bicyclic) bond motifs is 3. The van der Waals surface area contributed by atoms with Gasteiger partial charge in [0.2, 0.25) is 11.5 Å². The van der Waals surface area contributed by atoms with Gasteiger partial charge in [-0.25, -0.2) is 4.98 Å². The number of amides is 1. The summed E-state index contributed by atoms with van der Waals surface area (Å²) in [4.78, 5) is 36.4. The lowest BCUT2D eigenvalue weighted by molar-refractivity contribution is -0.132. The summed E-state index contributed by atoms with van der Waals surface area (Å²) < 4.78 is 6.60. The molecule has 0 bridgehead atoms. The van der Waals surface area contributed by atoms with E-state index in [2.05, 4.69) is 20.9 Å². The van der Waals surface area contributed by atoms with Gasteiger partial charge >= 0.3 is 0 Å². The van der Waals surface area contributed by atoms with Crippen molar-refractivity contribution >= 4 is 43.9 Å². The van der Waals surface area contributed by atoms with Crippen molar-refractivity contribution in [2.24, 2.45) is 0 Å². The quantitative estimate of drug-likeness (QED) is 0.665. The highest BCUT2D eigenvalue weighted by molar-refractivity contribution is 9.10. The summed E-state index contributed by atoms with van der Waals surface area (Å²) in [5, 5.41) is 0.827. The van der Waals surface area contributed by atoms with Crippen LogP contribution in [0.1, 0.15) is 31.0 Å². The highest BCUT2D eigenvalue weighted by Crippen LogP contribution is 2.30. The average Bonchev–Trinajstić information content (AvgIpc) is 3.05. The molecule has 28 heavy (non-hydrogen) atoms. The number of piperidine rings is 1. The number of furan rings is 1. The summed E-state index contributed by atoms with van der Waals surface area (Å²) in [5.41, 5.74) is 1.25. The summed E-state index contributed by atoms with van der Waals surface area (Å²) in [6.45, 7) is 2.14. The SMILES string of the molecule is CN(C)CCC(=O)N1CCC(c2nc3c(oc4ccc(Br)cc43)c(=O)[nH]2)CC1. The number of nitrogens with one attached hydrogen (secondary N) is 1. The first-order valence-corrected chi connectivity index (χ1v) is 10.3. The van der Waals surface area contributed by atoms with E-state index in [1.807, 2.05) is 42.1 Å². The van der Waals surface area contributed by atoms with Gasteiger partial charge in [0.1, 0.15) is 16.9 Å². The van der Waals surface area contributed by atoms with E-state index in [1.165, 1.54) is 0 Å². The van der Waals surface area contributed by atoms with Gasteiger partial charge in [-0.1, -0.05) is 15.9 Å². The molecule has 3 aromatic rings. The lowest BCUT2D eigenvalue weighted by Crippen LogP contribution is -2.39. The molecule has 7 nitrogen and oxygen atoms in total. The Kier molecular flexibility index (Phi) is 5.25. The van der Waals surface area contributed by atoms with E-state index in [9.17, 15) is 9.59 Å². The maximum absolute atomic E-state index is 12.5. The molecule has 1 aliphatic heterocycles. The number of carbonyl (C=O) groups excluding carboxylic acids is 1. The van der Waals surface area contributed by atoms with Crippen LogP contribution in [0.25, 0.3) is 22.1 Å². The third-order valence-electron chi connectivity index (χ3n) is 5.31. The Morgan fingerprint density at radius 1 is 1.36 bits per heavy atom. The third-order valence-corrected chi connectivity index (χ3v) is 5.80. The van der Waals surface area contributed by atoms with Crippen molar-refractivity contribution in [1.29, 1.82) is 0 Å². The third kappa shape index (κ3) is 3.71. The number of hydrogen-bond acceptors (Lipinski definition) is 5. The van der Waals surface area contributed by atoms with E-state index in [0.717, 1.165) is 29.2 Å². The number of aromatic amines is 1. The maximum atomic E-state index is 12.5. The molecule has 0 aliphatic carbocycles. The molecule has 1 aliphatic rings. The Hall–Kier alpha value is -2.19. The molecule has 3 heterocycles. The molecule has 0 radical (unpaired) electrons. The topological polar surface area (TPSA) is 82.4 Å². The summed E-state index contributed by atoms with van der Waals surface area (Å²) >= 11 is 3.46. The van der Waals surface area contributed by atoms with Crippen molar-refractivity contribution in [3.8, 4) is 0 Å². The van der Waals surface area contributed by atoms with E-state index in [1.54, 1.807) is 0 Å². The molecule has 4 rings (SSSR count). The fourth-order valence-corrected chi connectivity index (χ4v) is 4.08. The Morgan fingerprint density at radius 2 is 2.11 bits per heavy atom. The normalized spacial score (nSPS) is 15.8. The molecule has 1 amide bonds. The first kappa shape index (κ1) is 19.1. The van der Waals surface area contributed by atoms with Crippen LogP contribution in [0.15, 0.2) is 31.9 Å². The highest BCUT2D eigenvalue weighted by Gasteiger charge is 2.26. The second-order valence-corrected chi connectivity index (χ2v) is 8.50. The Balaban J connectivity index is 1.55. The molecule has 1 saturated heterocycles. The lowest BCUT2D eigenvalue weighted by atomic mass is 9.95. The first-order valence-electron chi connectivity index (χ1n) is 9.47. The van der Waals surface area contributed by atoms with Gasteiger partial charge in [-0.2, -0.15) is 0 Å². The maximum Gasteiger partial charge on any atom is 0.294 e. The smallest absolute Gasteiger partial charge is 0.294 e. The molecule has 2 aromatic heterocycles. The van der Waals surface area contributed by atoms with Crippen molar-refractivity contribution in [2.75, 3.05) is 33.7 Å². The predicted molar refractivity (Wildman–Crippen MR) is 112 cm³/mol. The highest BCUT2D eigenvalue weighted by atomic mass is 79.9. The van der Waals surface area contributed by atoms with E-state index in [-0.39, 0.29) is 23.0 Å². The fraction of sp³-hybridized carbons (Fsp3) is 0.450. The Morgan fingerprint density at radius 3 is 2.82 bits per heavy atom. The van der Waals surface area contributed by atoms with Gasteiger partial charge in [-0.3, -0.25) is 9.59 Å². The second-order valence-electron chi connectivity index (χ2n) is 7.58. The summed E-state index contributed by atoms with van der Waals surface area (Å²) in [6.07, 6.45) is 2.12. The minimum Gasteiger partial charge on any atom is -0.449 e. The minimum atomic E-state index is -0.253. The van der Waals surface area contributed by atoms with Crippen LogP contribution in [0.3, 0.4) is 0 Å². The number of nitrogens with zero attached hydrogens (tertiary/aromatic N) is 3. The molecule has 1 N–H and O–H groups in total. The molecule has 0 unspecified atom stereocenters. The second kappa shape index (κ2) is 7.67. The van der Waals surface area contributed by atoms with Gasteiger partial charge in [0, 0.05) is 41.8 Å². The largest absolute Gasteiger partial charge is 0.449 e. The van der Waals surface area contributed by atoms with Crippen molar-refractivity contribution in [3.63, 3.8) is 0 Å². The molecule has 0 spiro atoms. The summed E-state index contributed by atoms with van der Waals surface area (Å²) in [5.74, 6) is 1.00. The number of benzene rings is 1. The van der Waals surface area contributed by atoms with Crippen LogP contribution < -0.4 is 5.56 Å². The average molecular weight is 447 g/mol. The molecule has 1 fully saturated rings. The van der Waals surface area contributed by atoms with Gasteiger partial charge in [0.05, 0.1) is 0 Å². The fourth-order valence-electron chi connectivity index (χ4n) is 3.72. The van der Waals surface area contributed by atoms with Gasteiger partial charge in [-0.15, -0.1) is 0 Å². The molecule has 8 heteroatoms. The number of aromatic nitrogens is 2. The zero-order chi connectivity index (χ0) is 19.8. The van der Waals surface area contributed by atoms with Crippen LogP contribution >= 0.6 is 15.9 Å². The minimum absolute atomic E-state index is 0.132. The van der Waals surface area contributed by atoms with Crippen molar-refractivity contribution in [3.05, 3.63) is 38.9 Å². The molecular formula is C20H23BrN4O3. The summed E-state index contributed by atoms with van der Waals surface area (Å²) in [6, 6.07) is 5.63. The number of carbonyl (C=O) groups is 1. The van der Waals surface area contributed by atoms with Crippen LogP contribution in [-0.4, -0.2) is 59.4 Å². The van der Waals surface area contributed by atoms with E-state index < -0.39 is 0 Å². The van der Waals surface area contributed by atoms with Crippen LogP contribution in [0.2, 0.25) is 0 Å². The van der Waals surface area contributed by atoms with Crippen molar-refractivity contribution < 1.29 is 9.21 Å². The van der Waals surface area contributed by atoms with Crippen LogP contribution in [-0.2, 0) is 4.79 Å². The number of hydrogen-bond donors (Lipinski definition) is 1. The van der Waals surface area contributed by atoms with E-state index >= 15 is 0 Å². The Labute approximate surface area is 170 Å².